The fourth-order valence-electron chi connectivity index (χ4n) is 3.09. The fourth-order valence-corrected chi connectivity index (χ4v) is 3.09. The number of hydrogen-bond donors (Lipinski definition) is 0. The van der Waals surface area contributed by atoms with Gasteiger partial charge < -0.3 is 24.0 Å². The number of piperazine rings is 1. The SMILES string of the molecule is O=C(N1CCOCC1)N1CCN(c2noc(-c3ccccc3)n2)CC1. The first-order chi connectivity index (χ1) is 12.3. The summed E-state index contributed by atoms with van der Waals surface area (Å²) in [5, 5.41) is 4.09. The van der Waals surface area contributed by atoms with Crippen molar-refractivity contribution in [1.29, 1.82) is 0 Å². The minimum atomic E-state index is 0.0982. The molecular formula is C17H21N5O3. The number of benzene rings is 1. The molecule has 2 aliphatic rings. The molecule has 25 heavy (non-hydrogen) atoms. The maximum Gasteiger partial charge on any atom is 0.320 e. The molecule has 2 aliphatic heterocycles. The molecule has 1 aromatic carbocycles. The molecule has 0 spiro atoms. The number of amides is 2. The Bertz CT molecular complexity index is 706. The number of carbonyl (C=O) groups is 1. The molecule has 0 radical (unpaired) electrons. The van der Waals surface area contributed by atoms with Gasteiger partial charge in [0, 0.05) is 44.8 Å². The van der Waals surface area contributed by atoms with Crippen molar-refractivity contribution in [3.8, 4) is 11.5 Å². The topological polar surface area (TPSA) is 74.9 Å². The van der Waals surface area contributed by atoms with Crippen molar-refractivity contribution in [2.75, 3.05) is 57.4 Å². The van der Waals surface area contributed by atoms with Crippen LogP contribution in [-0.2, 0) is 4.74 Å². The van der Waals surface area contributed by atoms with E-state index in [1.165, 1.54) is 0 Å². The van der Waals surface area contributed by atoms with E-state index < -0.39 is 0 Å². The molecule has 0 aliphatic carbocycles. The van der Waals surface area contributed by atoms with Crippen LogP contribution in [0.2, 0.25) is 0 Å². The third-order valence-corrected chi connectivity index (χ3v) is 4.55. The summed E-state index contributed by atoms with van der Waals surface area (Å²) in [5.41, 5.74) is 0.905. The zero-order valence-electron chi connectivity index (χ0n) is 14.0. The monoisotopic (exact) mass is 343 g/mol. The molecule has 132 valence electrons. The first-order valence-corrected chi connectivity index (χ1v) is 8.57. The standard InChI is InChI=1S/C17H21N5O3/c23-17(22-10-12-24-13-11-22)21-8-6-20(7-9-21)16-18-15(25-19-16)14-4-2-1-3-5-14/h1-5H,6-13H2. The van der Waals surface area contributed by atoms with Gasteiger partial charge >= 0.3 is 6.03 Å². The number of rotatable bonds is 2. The molecule has 0 atom stereocenters. The van der Waals surface area contributed by atoms with Gasteiger partial charge in [0.1, 0.15) is 0 Å². The van der Waals surface area contributed by atoms with E-state index in [9.17, 15) is 4.79 Å². The molecule has 0 bridgehead atoms. The molecule has 2 fully saturated rings. The Balaban J connectivity index is 1.36. The van der Waals surface area contributed by atoms with Crippen molar-refractivity contribution >= 4 is 12.0 Å². The molecule has 2 aromatic rings. The highest BCUT2D eigenvalue weighted by Crippen LogP contribution is 2.21. The van der Waals surface area contributed by atoms with Crippen molar-refractivity contribution in [3.63, 3.8) is 0 Å². The van der Waals surface area contributed by atoms with Crippen molar-refractivity contribution in [1.82, 2.24) is 19.9 Å². The number of urea groups is 1. The summed E-state index contributed by atoms with van der Waals surface area (Å²) < 4.78 is 10.7. The number of nitrogens with zero attached hydrogens (tertiary/aromatic N) is 5. The summed E-state index contributed by atoms with van der Waals surface area (Å²) in [6, 6.07) is 9.81. The second-order valence-corrected chi connectivity index (χ2v) is 6.12. The van der Waals surface area contributed by atoms with Crippen LogP contribution in [0.3, 0.4) is 0 Å². The van der Waals surface area contributed by atoms with Crippen molar-refractivity contribution in [3.05, 3.63) is 30.3 Å². The van der Waals surface area contributed by atoms with E-state index in [-0.39, 0.29) is 6.03 Å². The van der Waals surface area contributed by atoms with Gasteiger partial charge in [0.25, 0.3) is 11.8 Å². The lowest BCUT2D eigenvalue weighted by atomic mass is 10.2. The van der Waals surface area contributed by atoms with E-state index in [0.29, 0.717) is 64.3 Å². The second kappa shape index (κ2) is 7.10. The maximum atomic E-state index is 12.5. The van der Waals surface area contributed by atoms with Gasteiger partial charge in [-0.15, -0.1) is 0 Å². The van der Waals surface area contributed by atoms with Crippen molar-refractivity contribution in [2.24, 2.45) is 0 Å². The molecule has 8 heteroatoms. The largest absolute Gasteiger partial charge is 0.378 e. The normalized spacial score (nSPS) is 18.5. The lowest BCUT2D eigenvalue weighted by molar-refractivity contribution is 0.0428. The number of aromatic nitrogens is 2. The molecule has 8 nitrogen and oxygen atoms in total. The Morgan fingerprint density at radius 3 is 2.32 bits per heavy atom. The quantitative estimate of drug-likeness (QED) is 0.818. The average molecular weight is 343 g/mol. The highest BCUT2D eigenvalue weighted by molar-refractivity contribution is 5.75. The highest BCUT2D eigenvalue weighted by atomic mass is 16.5. The van der Waals surface area contributed by atoms with Gasteiger partial charge in [-0.1, -0.05) is 18.2 Å². The van der Waals surface area contributed by atoms with E-state index in [1.807, 2.05) is 40.1 Å². The van der Waals surface area contributed by atoms with Crippen LogP contribution in [0.5, 0.6) is 0 Å². The molecule has 1 aromatic heterocycles. The number of anilines is 1. The Morgan fingerprint density at radius 2 is 1.60 bits per heavy atom. The third kappa shape index (κ3) is 3.43. The Morgan fingerprint density at radius 1 is 0.920 bits per heavy atom. The second-order valence-electron chi connectivity index (χ2n) is 6.12. The molecule has 0 N–H and O–H groups in total. The summed E-state index contributed by atoms with van der Waals surface area (Å²) in [6.07, 6.45) is 0. The van der Waals surface area contributed by atoms with E-state index in [0.717, 1.165) is 5.56 Å². The maximum absolute atomic E-state index is 12.5. The predicted molar refractivity (Wildman–Crippen MR) is 91.3 cm³/mol. The van der Waals surface area contributed by atoms with Crippen LogP contribution >= 0.6 is 0 Å². The van der Waals surface area contributed by atoms with Gasteiger partial charge in [-0.2, -0.15) is 4.98 Å². The fraction of sp³-hybridized carbons (Fsp3) is 0.471. The number of morpholine rings is 1. The zero-order chi connectivity index (χ0) is 17.1. The molecule has 2 saturated heterocycles. The van der Waals surface area contributed by atoms with Crippen molar-refractivity contribution in [2.45, 2.75) is 0 Å². The van der Waals surface area contributed by atoms with E-state index in [4.69, 9.17) is 9.26 Å². The highest BCUT2D eigenvalue weighted by Gasteiger charge is 2.28. The molecule has 3 heterocycles. The average Bonchev–Trinajstić information content (AvgIpc) is 3.19. The van der Waals surface area contributed by atoms with Crippen LogP contribution in [0.4, 0.5) is 10.7 Å². The lowest BCUT2D eigenvalue weighted by Crippen LogP contribution is -2.55. The third-order valence-electron chi connectivity index (χ3n) is 4.55. The number of carbonyl (C=O) groups excluding carboxylic acids is 1. The summed E-state index contributed by atoms with van der Waals surface area (Å²) in [6.45, 7) is 5.30. The van der Waals surface area contributed by atoms with Crippen LogP contribution in [0, 0.1) is 0 Å². The molecule has 2 amide bonds. The van der Waals surface area contributed by atoms with Crippen molar-refractivity contribution < 1.29 is 14.1 Å². The van der Waals surface area contributed by atoms with Crippen LogP contribution in [0.1, 0.15) is 0 Å². The first-order valence-electron chi connectivity index (χ1n) is 8.57. The van der Waals surface area contributed by atoms with Crippen LogP contribution in [-0.4, -0.2) is 78.5 Å². The predicted octanol–water partition coefficient (Wildman–Crippen LogP) is 1.31. The van der Waals surface area contributed by atoms with Gasteiger partial charge in [-0.05, 0) is 17.3 Å². The Hall–Kier alpha value is -2.61. The zero-order valence-corrected chi connectivity index (χ0v) is 14.0. The summed E-state index contributed by atoms with van der Waals surface area (Å²) in [5.74, 6) is 1.10. The lowest BCUT2D eigenvalue weighted by Gasteiger charge is -2.38. The number of hydrogen-bond acceptors (Lipinski definition) is 6. The van der Waals surface area contributed by atoms with Crippen LogP contribution < -0.4 is 4.90 Å². The van der Waals surface area contributed by atoms with Gasteiger partial charge in [0.05, 0.1) is 13.2 Å². The molecule has 0 saturated carbocycles. The molecular weight excluding hydrogens is 322 g/mol. The molecule has 4 rings (SSSR count). The first kappa shape index (κ1) is 15.9. The van der Waals surface area contributed by atoms with E-state index in [1.54, 1.807) is 0 Å². The van der Waals surface area contributed by atoms with Gasteiger partial charge in [-0.25, -0.2) is 4.79 Å². The number of ether oxygens (including phenoxy) is 1. The summed E-state index contributed by atoms with van der Waals surface area (Å²) in [4.78, 5) is 22.8. The summed E-state index contributed by atoms with van der Waals surface area (Å²) in [7, 11) is 0. The smallest absolute Gasteiger partial charge is 0.320 e. The minimum Gasteiger partial charge on any atom is -0.378 e. The van der Waals surface area contributed by atoms with Crippen LogP contribution in [0.25, 0.3) is 11.5 Å². The van der Waals surface area contributed by atoms with E-state index >= 15 is 0 Å². The van der Waals surface area contributed by atoms with Gasteiger partial charge in [0.15, 0.2) is 0 Å². The Labute approximate surface area is 146 Å². The van der Waals surface area contributed by atoms with Gasteiger partial charge in [-0.3, -0.25) is 0 Å². The Kier molecular flexibility index (Phi) is 4.51. The van der Waals surface area contributed by atoms with E-state index in [2.05, 4.69) is 15.0 Å². The molecule has 0 unspecified atom stereocenters. The summed E-state index contributed by atoms with van der Waals surface area (Å²) >= 11 is 0. The minimum absolute atomic E-state index is 0.0982. The van der Waals surface area contributed by atoms with Gasteiger partial charge in [0.2, 0.25) is 0 Å². The van der Waals surface area contributed by atoms with Crippen LogP contribution in [0.15, 0.2) is 34.9 Å².